The van der Waals surface area contributed by atoms with Crippen LogP contribution in [0.15, 0.2) is 42.7 Å². The smallest absolute Gasteiger partial charge is 0.162 e. The number of hydrogen-bond donors (Lipinski definition) is 1. The highest BCUT2D eigenvalue weighted by Gasteiger charge is 2.23. The molecule has 5 rings (SSSR count). The van der Waals surface area contributed by atoms with E-state index in [-0.39, 0.29) is 6.04 Å². The second-order valence-corrected chi connectivity index (χ2v) is 7.60. The number of aromatic nitrogens is 5. The van der Waals surface area contributed by atoms with Crippen LogP contribution in [0.3, 0.4) is 0 Å². The van der Waals surface area contributed by atoms with Gasteiger partial charge in [0.25, 0.3) is 0 Å². The first-order valence-electron chi connectivity index (χ1n) is 9.91. The van der Waals surface area contributed by atoms with Gasteiger partial charge in [0.1, 0.15) is 5.82 Å². The van der Waals surface area contributed by atoms with Gasteiger partial charge in [-0.15, -0.1) is 0 Å². The number of fused-ring (bicyclic) bond motifs is 1. The van der Waals surface area contributed by atoms with Gasteiger partial charge in [-0.3, -0.25) is 4.68 Å². The SMILES string of the molecule is Cc1cnn(C)c1-c1cc(N2CCOCC2C)nc(-c2cccc3[nH]ccc23)n1. The quantitative estimate of drug-likeness (QED) is 0.581. The van der Waals surface area contributed by atoms with Crippen molar-refractivity contribution in [1.29, 1.82) is 0 Å². The fourth-order valence-electron chi connectivity index (χ4n) is 4.09. The van der Waals surface area contributed by atoms with Crippen LogP contribution in [0.4, 0.5) is 5.82 Å². The topological polar surface area (TPSA) is 71.9 Å². The van der Waals surface area contributed by atoms with Crippen LogP contribution in [0.1, 0.15) is 12.5 Å². The Morgan fingerprint density at radius 1 is 1.21 bits per heavy atom. The Hall–Kier alpha value is -3.19. The highest BCUT2D eigenvalue weighted by Crippen LogP contribution is 2.32. The van der Waals surface area contributed by atoms with E-state index in [0.29, 0.717) is 13.2 Å². The second-order valence-electron chi connectivity index (χ2n) is 7.60. The van der Waals surface area contributed by atoms with Gasteiger partial charge in [0, 0.05) is 42.3 Å². The van der Waals surface area contributed by atoms with E-state index in [0.717, 1.165) is 51.6 Å². The van der Waals surface area contributed by atoms with Gasteiger partial charge in [-0.1, -0.05) is 12.1 Å². The summed E-state index contributed by atoms with van der Waals surface area (Å²) in [5.74, 6) is 1.65. The molecular weight excluding hydrogens is 364 g/mol. The monoisotopic (exact) mass is 388 g/mol. The van der Waals surface area contributed by atoms with Crippen molar-refractivity contribution in [3.05, 3.63) is 48.3 Å². The number of rotatable bonds is 3. The number of aromatic amines is 1. The van der Waals surface area contributed by atoms with Crippen molar-refractivity contribution in [3.8, 4) is 22.8 Å². The van der Waals surface area contributed by atoms with Crippen LogP contribution in [0, 0.1) is 6.92 Å². The van der Waals surface area contributed by atoms with Gasteiger partial charge in [-0.05, 0) is 31.5 Å². The molecule has 148 valence electrons. The zero-order valence-corrected chi connectivity index (χ0v) is 16.9. The third kappa shape index (κ3) is 3.07. The Kier molecular flexibility index (Phi) is 4.32. The van der Waals surface area contributed by atoms with Gasteiger partial charge in [0.05, 0.1) is 36.8 Å². The number of aryl methyl sites for hydroxylation is 2. The first-order valence-corrected chi connectivity index (χ1v) is 9.91. The number of nitrogens with one attached hydrogen (secondary N) is 1. The van der Waals surface area contributed by atoms with Crippen LogP contribution in [-0.4, -0.2) is 50.5 Å². The minimum atomic E-state index is 0.259. The number of hydrogen-bond acceptors (Lipinski definition) is 5. The molecule has 1 aromatic carbocycles. The van der Waals surface area contributed by atoms with Crippen LogP contribution in [-0.2, 0) is 11.8 Å². The molecule has 29 heavy (non-hydrogen) atoms. The second kappa shape index (κ2) is 7.00. The Morgan fingerprint density at radius 2 is 2.10 bits per heavy atom. The van der Waals surface area contributed by atoms with E-state index in [1.165, 1.54) is 0 Å². The summed E-state index contributed by atoms with van der Waals surface area (Å²) in [4.78, 5) is 15.6. The predicted molar refractivity (Wildman–Crippen MR) is 114 cm³/mol. The number of H-pyrrole nitrogens is 1. The van der Waals surface area contributed by atoms with E-state index in [9.17, 15) is 0 Å². The molecule has 7 nitrogen and oxygen atoms in total. The lowest BCUT2D eigenvalue weighted by Crippen LogP contribution is -2.44. The van der Waals surface area contributed by atoms with Crippen molar-refractivity contribution in [1.82, 2.24) is 24.7 Å². The molecule has 0 amide bonds. The molecule has 4 aromatic rings. The van der Waals surface area contributed by atoms with Crippen molar-refractivity contribution >= 4 is 16.7 Å². The van der Waals surface area contributed by atoms with Crippen LogP contribution in [0.5, 0.6) is 0 Å². The van der Waals surface area contributed by atoms with E-state index < -0.39 is 0 Å². The molecule has 0 aliphatic carbocycles. The minimum Gasteiger partial charge on any atom is -0.377 e. The first kappa shape index (κ1) is 17.9. The molecule has 1 atom stereocenters. The zero-order chi connectivity index (χ0) is 20.0. The molecule has 0 bridgehead atoms. The Balaban J connectivity index is 1.73. The predicted octanol–water partition coefficient (Wildman–Crippen LogP) is 3.56. The molecule has 1 N–H and O–H groups in total. The molecule has 1 aliphatic heterocycles. The normalized spacial score (nSPS) is 17.2. The maximum atomic E-state index is 5.63. The lowest BCUT2D eigenvalue weighted by atomic mass is 10.1. The van der Waals surface area contributed by atoms with Crippen molar-refractivity contribution in [2.75, 3.05) is 24.7 Å². The number of anilines is 1. The first-order chi connectivity index (χ1) is 14.1. The molecule has 1 unspecified atom stereocenters. The molecule has 0 saturated carbocycles. The molecule has 0 radical (unpaired) electrons. The summed E-state index contributed by atoms with van der Waals surface area (Å²) in [6, 6.07) is 10.6. The maximum absolute atomic E-state index is 5.63. The average Bonchev–Trinajstić information content (AvgIpc) is 3.34. The van der Waals surface area contributed by atoms with Crippen LogP contribution in [0.2, 0.25) is 0 Å². The van der Waals surface area contributed by atoms with Crippen LogP contribution in [0.25, 0.3) is 33.7 Å². The van der Waals surface area contributed by atoms with Crippen LogP contribution >= 0.6 is 0 Å². The fourth-order valence-corrected chi connectivity index (χ4v) is 4.09. The Morgan fingerprint density at radius 3 is 2.90 bits per heavy atom. The summed E-state index contributed by atoms with van der Waals surface area (Å²) in [6.45, 7) is 6.45. The summed E-state index contributed by atoms with van der Waals surface area (Å²) >= 11 is 0. The van der Waals surface area contributed by atoms with E-state index in [1.54, 1.807) is 0 Å². The van der Waals surface area contributed by atoms with Gasteiger partial charge in [-0.2, -0.15) is 5.10 Å². The highest BCUT2D eigenvalue weighted by atomic mass is 16.5. The van der Waals surface area contributed by atoms with E-state index >= 15 is 0 Å². The van der Waals surface area contributed by atoms with Gasteiger partial charge in [-0.25, -0.2) is 9.97 Å². The standard InChI is InChI=1S/C22H24N6O/c1-14-12-24-27(3)21(14)19-11-20(28-9-10-29-13-15(28)2)26-22(25-19)17-5-4-6-18-16(17)7-8-23-18/h4-8,11-12,15,23H,9-10,13H2,1-3H3. The lowest BCUT2D eigenvalue weighted by molar-refractivity contribution is 0.0985. The third-order valence-corrected chi connectivity index (χ3v) is 5.57. The van der Waals surface area contributed by atoms with E-state index in [4.69, 9.17) is 14.7 Å². The molecule has 0 spiro atoms. The van der Waals surface area contributed by atoms with E-state index in [1.807, 2.05) is 30.2 Å². The molecule has 1 aliphatic rings. The van der Waals surface area contributed by atoms with Gasteiger partial charge < -0.3 is 14.6 Å². The molecule has 1 fully saturated rings. The number of nitrogens with zero attached hydrogens (tertiary/aromatic N) is 5. The Bertz CT molecular complexity index is 1160. The fraction of sp³-hybridized carbons (Fsp3) is 0.318. The van der Waals surface area contributed by atoms with Crippen LogP contribution < -0.4 is 4.90 Å². The maximum Gasteiger partial charge on any atom is 0.162 e. The number of morpholine rings is 1. The van der Waals surface area contributed by atoms with Crippen molar-refractivity contribution in [3.63, 3.8) is 0 Å². The number of ether oxygens (including phenoxy) is 1. The van der Waals surface area contributed by atoms with Crippen molar-refractivity contribution in [2.45, 2.75) is 19.9 Å². The lowest BCUT2D eigenvalue weighted by Gasteiger charge is -2.34. The summed E-state index contributed by atoms with van der Waals surface area (Å²) in [5, 5.41) is 5.53. The molecule has 4 heterocycles. The van der Waals surface area contributed by atoms with Gasteiger partial charge >= 0.3 is 0 Å². The minimum absolute atomic E-state index is 0.259. The molecule has 7 heteroatoms. The van der Waals surface area contributed by atoms with Crippen molar-refractivity contribution in [2.24, 2.45) is 7.05 Å². The Labute approximate surface area is 169 Å². The summed E-state index contributed by atoms with van der Waals surface area (Å²) in [6.07, 6.45) is 3.83. The highest BCUT2D eigenvalue weighted by molar-refractivity contribution is 5.93. The average molecular weight is 388 g/mol. The van der Waals surface area contributed by atoms with Gasteiger partial charge in [0.2, 0.25) is 0 Å². The third-order valence-electron chi connectivity index (χ3n) is 5.57. The zero-order valence-electron chi connectivity index (χ0n) is 16.9. The number of benzene rings is 1. The van der Waals surface area contributed by atoms with E-state index in [2.05, 4.69) is 53.1 Å². The molecular formula is C22H24N6O. The largest absolute Gasteiger partial charge is 0.377 e. The summed E-state index contributed by atoms with van der Waals surface area (Å²) < 4.78 is 7.51. The molecule has 3 aromatic heterocycles. The van der Waals surface area contributed by atoms with Crippen molar-refractivity contribution < 1.29 is 4.74 Å². The van der Waals surface area contributed by atoms with Gasteiger partial charge in [0.15, 0.2) is 5.82 Å². The summed E-state index contributed by atoms with van der Waals surface area (Å²) in [5.41, 5.74) is 5.09. The molecule has 1 saturated heterocycles. The summed E-state index contributed by atoms with van der Waals surface area (Å²) in [7, 11) is 1.95.